The van der Waals surface area contributed by atoms with Crippen molar-refractivity contribution in [2.75, 3.05) is 18.5 Å². The molecule has 0 fully saturated rings. The van der Waals surface area contributed by atoms with Crippen LogP contribution in [0.2, 0.25) is 0 Å². The molecule has 2 rings (SSSR count). The monoisotopic (exact) mass is 251 g/mol. The van der Waals surface area contributed by atoms with Crippen molar-refractivity contribution in [2.45, 2.75) is 25.7 Å². The van der Waals surface area contributed by atoms with Crippen molar-refractivity contribution >= 4 is 17.0 Å². The summed E-state index contributed by atoms with van der Waals surface area (Å²) < 4.78 is 13.0. The molecule has 3 N–H and O–H groups in total. The van der Waals surface area contributed by atoms with Gasteiger partial charge >= 0.3 is 0 Å². The van der Waals surface area contributed by atoms with Crippen molar-refractivity contribution in [1.29, 1.82) is 0 Å². The normalized spacial score (nSPS) is 11.0. The van der Waals surface area contributed by atoms with Gasteiger partial charge in [0.1, 0.15) is 5.82 Å². The first-order chi connectivity index (χ1) is 8.79. The van der Waals surface area contributed by atoms with Crippen LogP contribution in [0.1, 0.15) is 25.7 Å². The number of anilines is 1. The van der Waals surface area contributed by atoms with Crippen LogP contribution < -0.4 is 5.32 Å². The van der Waals surface area contributed by atoms with Crippen LogP contribution in [0.25, 0.3) is 11.0 Å². The number of nitrogens with one attached hydrogen (secondary N) is 2. The number of rotatable bonds is 7. The SMILES string of the molecule is OCCCCCCNc1nc2ccc(F)cc2[nH]1. The van der Waals surface area contributed by atoms with E-state index in [1.807, 2.05) is 0 Å². The molecule has 0 unspecified atom stereocenters. The number of aliphatic hydroxyl groups excluding tert-OH is 1. The van der Waals surface area contributed by atoms with Crippen molar-refractivity contribution in [2.24, 2.45) is 0 Å². The Morgan fingerprint density at radius 2 is 2.06 bits per heavy atom. The highest BCUT2D eigenvalue weighted by Gasteiger charge is 2.02. The Kier molecular flexibility index (Phi) is 4.52. The van der Waals surface area contributed by atoms with Gasteiger partial charge in [-0.2, -0.15) is 0 Å². The maximum Gasteiger partial charge on any atom is 0.201 e. The van der Waals surface area contributed by atoms with Gasteiger partial charge in [-0.3, -0.25) is 0 Å². The van der Waals surface area contributed by atoms with Crippen LogP contribution in [-0.2, 0) is 0 Å². The smallest absolute Gasteiger partial charge is 0.201 e. The van der Waals surface area contributed by atoms with E-state index >= 15 is 0 Å². The maximum absolute atomic E-state index is 13.0. The molecular formula is C13H18FN3O. The molecule has 0 aliphatic carbocycles. The summed E-state index contributed by atoms with van der Waals surface area (Å²) in [5.74, 6) is 0.416. The summed E-state index contributed by atoms with van der Waals surface area (Å²) in [6.45, 7) is 1.09. The van der Waals surface area contributed by atoms with Gasteiger partial charge in [0.25, 0.3) is 0 Å². The largest absolute Gasteiger partial charge is 0.396 e. The molecule has 0 saturated carbocycles. The molecule has 0 aliphatic rings. The minimum atomic E-state index is -0.262. The fourth-order valence-corrected chi connectivity index (χ4v) is 1.86. The van der Waals surface area contributed by atoms with Crippen molar-refractivity contribution in [3.63, 3.8) is 0 Å². The lowest BCUT2D eigenvalue weighted by Gasteiger charge is -2.01. The van der Waals surface area contributed by atoms with E-state index in [9.17, 15) is 4.39 Å². The molecule has 1 heterocycles. The Morgan fingerprint density at radius 3 is 2.89 bits per heavy atom. The number of hydrogen-bond donors (Lipinski definition) is 3. The Balaban J connectivity index is 1.81. The van der Waals surface area contributed by atoms with Crippen LogP contribution in [0.5, 0.6) is 0 Å². The molecule has 5 heteroatoms. The zero-order valence-electron chi connectivity index (χ0n) is 10.2. The van der Waals surface area contributed by atoms with E-state index in [2.05, 4.69) is 15.3 Å². The van der Waals surface area contributed by atoms with Gasteiger partial charge in [-0.1, -0.05) is 12.8 Å². The molecule has 98 valence electrons. The lowest BCUT2D eigenvalue weighted by Crippen LogP contribution is -2.02. The summed E-state index contributed by atoms with van der Waals surface area (Å²) in [7, 11) is 0. The van der Waals surface area contributed by atoms with Gasteiger partial charge in [0.2, 0.25) is 5.95 Å². The Labute approximate surface area is 105 Å². The number of nitrogens with zero attached hydrogens (tertiary/aromatic N) is 1. The zero-order valence-corrected chi connectivity index (χ0v) is 10.2. The molecule has 1 aromatic carbocycles. The summed E-state index contributed by atoms with van der Waals surface area (Å²) in [5.41, 5.74) is 1.47. The molecule has 4 nitrogen and oxygen atoms in total. The Hall–Kier alpha value is -1.62. The molecule has 2 aromatic rings. The number of unbranched alkanes of at least 4 members (excludes halogenated alkanes) is 3. The highest BCUT2D eigenvalue weighted by molar-refractivity contribution is 5.77. The summed E-state index contributed by atoms with van der Waals surface area (Å²) in [6.07, 6.45) is 4.03. The van der Waals surface area contributed by atoms with E-state index in [0.29, 0.717) is 11.5 Å². The third-order valence-corrected chi connectivity index (χ3v) is 2.82. The summed E-state index contributed by atoms with van der Waals surface area (Å²) in [4.78, 5) is 7.35. The van der Waals surface area contributed by atoms with Crippen molar-refractivity contribution in [3.8, 4) is 0 Å². The number of H-pyrrole nitrogens is 1. The zero-order chi connectivity index (χ0) is 12.8. The number of aliphatic hydroxyl groups is 1. The van der Waals surface area contributed by atoms with Gasteiger partial charge < -0.3 is 15.4 Å². The Bertz CT molecular complexity index is 498. The number of halogens is 1. The summed E-state index contributed by atoms with van der Waals surface area (Å²) >= 11 is 0. The van der Waals surface area contributed by atoms with E-state index < -0.39 is 0 Å². The fraction of sp³-hybridized carbons (Fsp3) is 0.462. The average molecular weight is 251 g/mol. The standard InChI is InChI=1S/C13H18FN3O/c14-10-5-6-11-12(9-10)17-13(16-11)15-7-3-1-2-4-8-18/h5-6,9,18H,1-4,7-8H2,(H2,15,16,17). The number of hydrogen-bond acceptors (Lipinski definition) is 3. The van der Waals surface area contributed by atoms with Crippen LogP contribution >= 0.6 is 0 Å². The Morgan fingerprint density at radius 1 is 1.22 bits per heavy atom. The number of imidazole rings is 1. The minimum absolute atomic E-state index is 0.262. The minimum Gasteiger partial charge on any atom is -0.396 e. The highest BCUT2D eigenvalue weighted by atomic mass is 19.1. The van der Waals surface area contributed by atoms with Crippen LogP contribution in [0.15, 0.2) is 18.2 Å². The first-order valence-corrected chi connectivity index (χ1v) is 6.29. The summed E-state index contributed by atoms with van der Waals surface area (Å²) in [6, 6.07) is 4.50. The van der Waals surface area contributed by atoms with Gasteiger partial charge in [0, 0.05) is 13.2 Å². The molecule has 0 saturated heterocycles. The third kappa shape index (κ3) is 3.43. The van der Waals surface area contributed by atoms with E-state index in [0.717, 1.165) is 37.7 Å². The lowest BCUT2D eigenvalue weighted by atomic mass is 10.2. The molecule has 18 heavy (non-hydrogen) atoms. The van der Waals surface area contributed by atoms with Crippen LogP contribution in [0.3, 0.4) is 0 Å². The number of fused-ring (bicyclic) bond motifs is 1. The first-order valence-electron chi connectivity index (χ1n) is 6.29. The van der Waals surface area contributed by atoms with E-state index in [4.69, 9.17) is 5.11 Å². The molecule has 0 bridgehead atoms. The second kappa shape index (κ2) is 6.35. The maximum atomic E-state index is 13.0. The molecule has 0 aliphatic heterocycles. The van der Waals surface area contributed by atoms with E-state index in [-0.39, 0.29) is 12.4 Å². The molecule has 0 spiro atoms. The van der Waals surface area contributed by atoms with Gasteiger partial charge in [-0.05, 0) is 31.0 Å². The van der Waals surface area contributed by atoms with Gasteiger partial charge in [0.05, 0.1) is 11.0 Å². The molecule has 0 radical (unpaired) electrons. The van der Waals surface area contributed by atoms with Gasteiger partial charge in [-0.15, -0.1) is 0 Å². The summed E-state index contributed by atoms with van der Waals surface area (Å²) in [5, 5.41) is 11.8. The topological polar surface area (TPSA) is 60.9 Å². The lowest BCUT2D eigenvalue weighted by molar-refractivity contribution is 0.283. The number of aromatic nitrogens is 2. The second-order valence-corrected chi connectivity index (χ2v) is 4.31. The molecule has 0 atom stereocenters. The van der Waals surface area contributed by atoms with Crippen molar-refractivity contribution in [1.82, 2.24) is 9.97 Å². The molecule has 1 aromatic heterocycles. The number of benzene rings is 1. The van der Waals surface area contributed by atoms with Gasteiger partial charge in [0.15, 0.2) is 0 Å². The van der Waals surface area contributed by atoms with Crippen LogP contribution in [-0.4, -0.2) is 28.2 Å². The predicted molar refractivity (Wildman–Crippen MR) is 70.1 cm³/mol. The van der Waals surface area contributed by atoms with Crippen molar-refractivity contribution in [3.05, 3.63) is 24.0 Å². The van der Waals surface area contributed by atoms with Crippen LogP contribution in [0.4, 0.5) is 10.3 Å². The highest BCUT2D eigenvalue weighted by Crippen LogP contribution is 2.15. The van der Waals surface area contributed by atoms with E-state index in [1.165, 1.54) is 12.1 Å². The van der Waals surface area contributed by atoms with Crippen molar-refractivity contribution < 1.29 is 9.50 Å². The number of aromatic amines is 1. The molecule has 0 amide bonds. The predicted octanol–water partition coefficient (Wildman–Crippen LogP) is 2.67. The first kappa shape index (κ1) is 12.8. The van der Waals surface area contributed by atoms with Crippen LogP contribution in [0, 0.1) is 5.82 Å². The quantitative estimate of drug-likeness (QED) is 0.663. The third-order valence-electron chi connectivity index (χ3n) is 2.82. The second-order valence-electron chi connectivity index (χ2n) is 4.31. The van der Waals surface area contributed by atoms with E-state index in [1.54, 1.807) is 6.07 Å². The fourth-order valence-electron chi connectivity index (χ4n) is 1.86. The average Bonchev–Trinajstić information content (AvgIpc) is 2.75. The molecular weight excluding hydrogens is 233 g/mol. The van der Waals surface area contributed by atoms with Gasteiger partial charge in [-0.25, -0.2) is 9.37 Å².